The SMILES string of the molecule is COC(C)(C)CCOc1ccc(NC(=O)C2(c3ccc(Cl)cc3Cl)CCOCC2)cc1Cl. The summed E-state index contributed by atoms with van der Waals surface area (Å²) in [4.78, 5) is 13.5. The molecule has 0 bridgehead atoms. The first-order valence-corrected chi connectivity index (χ1v) is 11.6. The van der Waals surface area contributed by atoms with E-state index in [0.29, 0.717) is 65.6 Å². The normalized spacial score (nSPS) is 15.9. The van der Waals surface area contributed by atoms with E-state index in [4.69, 9.17) is 49.0 Å². The maximum Gasteiger partial charge on any atom is 0.235 e. The quantitative estimate of drug-likeness (QED) is 0.448. The summed E-state index contributed by atoms with van der Waals surface area (Å²) in [6, 6.07) is 10.5. The summed E-state index contributed by atoms with van der Waals surface area (Å²) in [7, 11) is 1.67. The van der Waals surface area contributed by atoms with E-state index < -0.39 is 5.41 Å². The van der Waals surface area contributed by atoms with Gasteiger partial charge in [-0.2, -0.15) is 0 Å². The fraction of sp³-hybridized carbons (Fsp3) is 0.458. The van der Waals surface area contributed by atoms with Crippen LogP contribution in [0.3, 0.4) is 0 Å². The number of rotatable bonds is 8. The Balaban J connectivity index is 1.76. The van der Waals surface area contributed by atoms with Crippen molar-refractivity contribution in [1.82, 2.24) is 0 Å². The highest BCUT2D eigenvalue weighted by atomic mass is 35.5. The van der Waals surface area contributed by atoms with E-state index in [-0.39, 0.29) is 11.5 Å². The molecular weight excluding hydrogens is 473 g/mol. The molecule has 5 nitrogen and oxygen atoms in total. The molecule has 0 aromatic heterocycles. The average Bonchev–Trinajstić information content (AvgIpc) is 2.75. The number of methoxy groups -OCH3 is 1. The van der Waals surface area contributed by atoms with Crippen LogP contribution in [0.25, 0.3) is 0 Å². The van der Waals surface area contributed by atoms with E-state index in [1.807, 2.05) is 19.9 Å². The second kappa shape index (κ2) is 10.6. The summed E-state index contributed by atoms with van der Waals surface area (Å²) >= 11 is 19.0. The number of carbonyl (C=O) groups is 1. The van der Waals surface area contributed by atoms with Gasteiger partial charge in [0.15, 0.2) is 0 Å². The van der Waals surface area contributed by atoms with Crippen LogP contribution in [0.4, 0.5) is 5.69 Å². The standard InChI is InChI=1S/C24H28Cl3NO4/c1-23(2,30-3)8-13-32-21-7-5-17(15-20(21)27)28-22(29)24(9-11-31-12-10-24)18-6-4-16(25)14-19(18)26/h4-7,14-15H,8-13H2,1-3H3,(H,28,29). The lowest BCUT2D eigenvalue weighted by Crippen LogP contribution is -2.45. The van der Waals surface area contributed by atoms with Gasteiger partial charge in [-0.3, -0.25) is 4.79 Å². The fourth-order valence-electron chi connectivity index (χ4n) is 3.67. The number of anilines is 1. The van der Waals surface area contributed by atoms with Gasteiger partial charge in [-0.15, -0.1) is 0 Å². The molecule has 0 spiro atoms. The molecule has 3 rings (SSSR count). The Kier molecular flexibility index (Phi) is 8.34. The monoisotopic (exact) mass is 499 g/mol. The first kappa shape index (κ1) is 25.1. The largest absolute Gasteiger partial charge is 0.492 e. The number of nitrogens with one attached hydrogen (secondary N) is 1. The minimum atomic E-state index is -0.812. The van der Waals surface area contributed by atoms with Crippen molar-refractivity contribution in [1.29, 1.82) is 0 Å². The highest BCUT2D eigenvalue weighted by Crippen LogP contribution is 2.41. The summed E-state index contributed by atoms with van der Waals surface area (Å²) in [5, 5.41) is 4.42. The minimum absolute atomic E-state index is 0.156. The lowest BCUT2D eigenvalue weighted by molar-refractivity contribution is -0.125. The molecule has 1 fully saturated rings. The molecule has 0 unspecified atom stereocenters. The third-order valence-corrected chi connectivity index (χ3v) is 6.77. The molecule has 0 radical (unpaired) electrons. The van der Waals surface area contributed by atoms with Gasteiger partial charge in [0.2, 0.25) is 5.91 Å². The van der Waals surface area contributed by atoms with E-state index in [1.54, 1.807) is 37.4 Å². The molecule has 32 heavy (non-hydrogen) atoms. The summed E-state index contributed by atoms with van der Waals surface area (Å²) in [6.07, 6.45) is 1.75. The number of halogens is 3. The van der Waals surface area contributed by atoms with Crippen molar-refractivity contribution in [2.24, 2.45) is 0 Å². The van der Waals surface area contributed by atoms with Crippen LogP contribution in [0.2, 0.25) is 15.1 Å². The highest BCUT2D eigenvalue weighted by Gasteiger charge is 2.43. The zero-order valence-corrected chi connectivity index (χ0v) is 20.7. The molecule has 174 valence electrons. The van der Waals surface area contributed by atoms with E-state index in [1.165, 1.54) is 0 Å². The zero-order valence-electron chi connectivity index (χ0n) is 18.5. The molecule has 0 saturated carbocycles. The van der Waals surface area contributed by atoms with Crippen LogP contribution in [0.1, 0.15) is 38.7 Å². The zero-order chi connectivity index (χ0) is 23.4. The van der Waals surface area contributed by atoms with E-state index in [0.717, 1.165) is 5.56 Å². The van der Waals surface area contributed by atoms with Crippen LogP contribution in [-0.2, 0) is 19.7 Å². The lowest BCUT2D eigenvalue weighted by atomic mass is 9.73. The van der Waals surface area contributed by atoms with Gasteiger partial charge >= 0.3 is 0 Å². The number of carbonyl (C=O) groups excluding carboxylic acids is 1. The molecule has 2 aromatic rings. The van der Waals surface area contributed by atoms with Crippen LogP contribution in [0, 0.1) is 0 Å². The molecule has 2 aromatic carbocycles. The number of hydrogen-bond acceptors (Lipinski definition) is 4. The molecule has 8 heteroatoms. The third-order valence-electron chi connectivity index (χ3n) is 5.93. The summed E-state index contributed by atoms with van der Waals surface area (Å²) in [5.74, 6) is 0.398. The minimum Gasteiger partial charge on any atom is -0.492 e. The maximum absolute atomic E-state index is 13.5. The highest BCUT2D eigenvalue weighted by molar-refractivity contribution is 6.35. The Morgan fingerprint density at radius 2 is 1.81 bits per heavy atom. The van der Waals surface area contributed by atoms with Crippen LogP contribution in [0.15, 0.2) is 36.4 Å². The Bertz CT molecular complexity index is 958. The summed E-state index contributed by atoms with van der Waals surface area (Å²) < 4.78 is 16.7. The molecular formula is C24H28Cl3NO4. The molecule has 1 aliphatic heterocycles. The first-order valence-electron chi connectivity index (χ1n) is 10.5. The van der Waals surface area contributed by atoms with Crippen molar-refractivity contribution >= 4 is 46.4 Å². The Morgan fingerprint density at radius 3 is 2.44 bits per heavy atom. The van der Waals surface area contributed by atoms with Crippen molar-refractivity contribution in [2.75, 3.05) is 32.2 Å². The van der Waals surface area contributed by atoms with Gasteiger partial charge in [0.05, 0.1) is 22.6 Å². The molecule has 0 atom stereocenters. The van der Waals surface area contributed by atoms with Crippen molar-refractivity contribution in [2.45, 2.75) is 44.1 Å². The van der Waals surface area contributed by atoms with Gasteiger partial charge in [-0.25, -0.2) is 0 Å². The predicted molar refractivity (Wildman–Crippen MR) is 129 cm³/mol. The van der Waals surface area contributed by atoms with Gasteiger partial charge in [0, 0.05) is 42.5 Å². The Labute approximate surface area is 204 Å². The molecule has 1 N–H and O–H groups in total. The van der Waals surface area contributed by atoms with Crippen LogP contribution in [0.5, 0.6) is 5.75 Å². The third kappa shape index (κ3) is 5.89. The lowest BCUT2D eigenvalue weighted by Gasteiger charge is -2.36. The summed E-state index contributed by atoms with van der Waals surface area (Å²) in [5.41, 5.74) is 0.242. The topological polar surface area (TPSA) is 56.8 Å². The smallest absolute Gasteiger partial charge is 0.235 e. The number of ether oxygens (including phenoxy) is 3. The molecule has 0 aliphatic carbocycles. The van der Waals surface area contributed by atoms with Gasteiger partial charge in [-0.1, -0.05) is 40.9 Å². The van der Waals surface area contributed by atoms with Crippen molar-refractivity contribution in [3.05, 3.63) is 57.0 Å². The van der Waals surface area contributed by atoms with Gasteiger partial charge in [0.25, 0.3) is 0 Å². The molecule has 1 amide bonds. The molecule has 1 saturated heterocycles. The number of hydrogen-bond donors (Lipinski definition) is 1. The first-order chi connectivity index (χ1) is 15.2. The van der Waals surface area contributed by atoms with E-state index >= 15 is 0 Å². The van der Waals surface area contributed by atoms with Gasteiger partial charge < -0.3 is 19.5 Å². The van der Waals surface area contributed by atoms with Gasteiger partial charge in [-0.05, 0) is 62.6 Å². The Hall–Kier alpha value is -1.50. The van der Waals surface area contributed by atoms with Crippen LogP contribution in [-0.4, -0.2) is 38.4 Å². The molecule has 1 aliphatic rings. The van der Waals surface area contributed by atoms with Crippen molar-refractivity contribution in [3.8, 4) is 5.75 Å². The number of amides is 1. The Morgan fingerprint density at radius 1 is 1.09 bits per heavy atom. The fourth-order valence-corrected chi connectivity index (χ4v) is 4.50. The second-order valence-corrected chi connectivity index (χ2v) is 9.73. The van der Waals surface area contributed by atoms with Gasteiger partial charge in [0.1, 0.15) is 5.75 Å². The van der Waals surface area contributed by atoms with Crippen molar-refractivity contribution in [3.63, 3.8) is 0 Å². The van der Waals surface area contributed by atoms with E-state index in [2.05, 4.69) is 5.32 Å². The maximum atomic E-state index is 13.5. The second-order valence-electron chi connectivity index (χ2n) is 8.48. The van der Waals surface area contributed by atoms with Crippen LogP contribution >= 0.6 is 34.8 Å². The predicted octanol–water partition coefficient (Wildman–Crippen LogP) is 6.53. The molecule has 1 heterocycles. The van der Waals surface area contributed by atoms with Crippen molar-refractivity contribution < 1.29 is 19.0 Å². The van der Waals surface area contributed by atoms with Crippen LogP contribution < -0.4 is 10.1 Å². The average molecular weight is 501 g/mol. The van der Waals surface area contributed by atoms with E-state index in [9.17, 15) is 4.79 Å². The number of benzene rings is 2. The summed E-state index contributed by atoms with van der Waals surface area (Å²) in [6.45, 7) is 5.39.